The van der Waals surface area contributed by atoms with Crippen LogP contribution >= 0.6 is 23.4 Å². The summed E-state index contributed by atoms with van der Waals surface area (Å²) in [6.45, 7) is 0.655. The van der Waals surface area contributed by atoms with Gasteiger partial charge in [-0.15, -0.1) is 0 Å². The number of rotatable bonds is 1. The first-order valence-corrected chi connectivity index (χ1v) is 6.35. The Morgan fingerprint density at radius 2 is 2.11 bits per heavy atom. The number of hydrazine groups is 1. The minimum absolute atomic E-state index is 0.376. The topological polar surface area (TPSA) is 41.6 Å². The molecule has 0 atom stereocenters. The van der Waals surface area contributed by atoms with E-state index in [1.54, 1.807) is 0 Å². The average Bonchev–Trinajstić information content (AvgIpc) is 2.79. The number of alkyl halides is 3. The van der Waals surface area contributed by atoms with Crippen LogP contribution in [0.15, 0.2) is 23.2 Å². The summed E-state index contributed by atoms with van der Waals surface area (Å²) in [7, 11) is 0. The van der Waals surface area contributed by atoms with Gasteiger partial charge in [0.15, 0.2) is 5.17 Å². The molecule has 0 radical (unpaired) electrons. The lowest BCUT2D eigenvalue weighted by Crippen LogP contribution is -2.34. The Kier molecular flexibility index (Phi) is 3.74. The standard InChI is InChI=1S/C10H9ClF3N3S/c11-8-5-6(1-2-7(8)10(12,13)14)17(15)9-16-3-4-18-9/h1-2,5H,3-4,15H2. The van der Waals surface area contributed by atoms with E-state index in [-0.39, 0.29) is 5.02 Å². The predicted molar refractivity (Wildman–Crippen MR) is 67.9 cm³/mol. The van der Waals surface area contributed by atoms with Gasteiger partial charge in [-0.3, -0.25) is 10.0 Å². The molecule has 0 bridgehead atoms. The molecule has 1 heterocycles. The Balaban J connectivity index is 2.29. The normalized spacial score (nSPS) is 15.7. The van der Waals surface area contributed by atoms with Crippen LogP contribution in [0.25, 0.3) is 0 Å². The quantitative estimate of drug-likeness (QED) is 0.639. The number of benzene rings is 1. The van der Waals surface area contributed by atoms with Gasteiger partial charge < -0.3 is 0 Å². The van der Waals surface area contributed by atoms with Crippen LogP contribution in [0, 0.1) is 0 Å². The molecule has 2 rings (SSSR count). The lowest BCUT2D eigenvalue weighted by atomic mass is 10.2. The maximum atomic E-state index is 12.5. The van der Waals surface area contributed by atoms with Gasteiger partial charge in [-0.05, 0) is 18.2 Å². The number of halogens is 4. The lowest BCUT2D eigenvalue weighted by molar-refractivity contribution is -0.137. The van der Waals surface area contributed by atoms with Crippen molar-refractivity contribution in [1.29, 1.82) is 0 Å². The van der Waals surface area contributed by atoms with E-state index in [1.807, 2.05) is 0 Å². The molecule has 1 aromatic carbocycles. The van der Waals surface area contributed by atoms with Crippen molar-refractivity contribution in [2.75, 3.05) is 17.3 Å². The Bertz CT molecular complexity index is 490. The minimum Gasteiger partial charge on any atom is -0.260 e. The molecular weight excluding hydrogens is 287 g/mol. The van der Waals surface area contributed by atoms with E-state index in [9.17, 15) is 13.2 Å². The van der Waals surface area contributed by atoms with E-state index in [1.165, 1.54) is 28.9 Å². The van der Waals surface area contributed by atoms with Gasteiger partial charge in [0.2, 0.25) is 0 Å². The zero-order chi connectivity index (χ0) is 13.3. The van der Waals surface area contributed by atoms with Crippen molar-refractivity contribution in [3.05, 3.63) is 28.8 Å². The summed E-state index contributed by atoms with van der Waals surface area (Å²) in [5.41, 5.74) is -0.497. The van der Waals surface area contributed by atoms with Crippen LogP contribution in [-0.2, 0) is 6.18 Å². The summed E-state index contributed by atoms with van der Waals surface area (Å²) < 4.78 is 37.6. The first-order chi connectivity index (χ1) is 8.39. The number of anilines is 1. The van der Waals surface area contributed by atoms with Crippen LogP contribution in [0.3, 0.4) is 0 Å². The molecular formula is C10H9ClF3N3S. The summed E-state index contributed by atoms with van der Waals surface area (Å²) in [4.78, 5) is 4.13. The Morgan fingerprint density at radius 1 is 1.39 bits per heavy atom. The van der Waals surface area contributed by atoms with Crippen molar-refractivity contribution >= 4 is 34.2 Å². The van der Waals surface area contributed by atoms with E-state index < -0.39 is 11.7 Å². The fourth-order valence-corrected chi connectivity index (χ4v) is 2.54. The number of amidine groups is 1. The Hall–Kier alpha value is -0.920. The third kappa shape index (κ3) is 2.73. The highest BCUT2D eigenvalue weighted by atomic mass is 35.5. The van der Waals surface area contributed by atoms with E-state index in [2.05, 4.69) is 4.99 Å². The van der Waals surface area contributed by atoms with Crippen molar-refractivity contribution in [2.45, 2.75) is 6.18 Å². The number of hydrogen-bond acceptors (Lipinski definition) is 4. The van der Waals surface area contributed by atoms with Crippen LogP contribution in [0.1, 0.15) is 5.56 Å². The van der Waals surface area contributed by atoms with Crippen molar-refractivity contribution in [1.82, 2.24) is 0 Å². The minimum atomic E-state index is -4.46. The Labute approximate surface area is 111 Å². The molecule has 2 N–H and O–H groups in total. The number of thioether (sulfide) groups is 1. The van der Waals surface area contributed by atoms with Crippen molar-refractivity contribution in [3.63, 3.8) is 0 Å². The van der Waals surface area contributed by atoms with E-state index in [4.69, 9.17) is 17.4 Å². The molecule has 0 unspecified atom stereocenters. The molecule has 0 saturated heterocycles. The molecule has 0 saturated carbocycles. The zero-order valence-electron chi connectivity index (χ0n) is 9.04. The fourth-order valence-electron chi connectivity index (χ4n) is 1.46. The first-order valence-electron chi connectivity index (χ1n) is 4.98. The van der Waals surface area contributed by atoms with E-state index in [0.717, 1.165) is 11.8 Å². The number of hydrogen-bond donors (Lipinski definition) is 1. The van der Waals surface area contributed by atoms with Gasteiger partial charge in [0, 0.05) is 5.75 Å². The zero-order valence-corrected chi connectivity index (χ0v) is 10.6. The van der Waals surface area contributed by atoms with Crippen LogP contribution in [-0.4, -0.2) is 17.5 Å². The molecule has 1 aliphatic rings. The van der Waals surface area contributed by atoms with Gasteiger partial charge in [-0.1, -0.05) is 23.4 Å². The fraction of sp³-hybridized carbons (Fsp3) is 0.300. The maximum absolute atomic E-state index is 12.5. The van der Waals surface area contributed by atoms with Crippen LogP contribution in [0.2, 0.25) is 5.02 Å². The van der Waals surface area contributed by atoms with Crippen molar-refractivity contribution in [3.8, 4) is 0 Å². The summed E-state index contributed by atoms with van der Waals surface area (Å²) in [6, 6.07) is 3.37. The van der Waals surface area contributed by atoms with Gasteiger partial charge in [0.25, 0.3) is 0 Å². The summed E-state index contributed by atoms with van der Waals surface area (Å²) in [6.07, 6.45) is -4.46. The van der Waals surface area contributed by atoms with Gasteiger partial charge in [-0.2, -0.15) is 13.2 Å². The van der Waals surface area contributed by atoms with E-state index >= 15 is 0 Å². The third-order valence-electron chi connectivity index (χ3n) is 2.31. The van der Waals surface area contributed by atoms with Crippen molar-refractivity contribution in [2.24, 2.45) is 10.8 Å². The molecule has 0 spiro atoms. The third-order valence-corrected chi connectivity index (χ3v) is 3.60. The molecule has 0 aromatic heterocycles. The largest absolute Gasteiger partial charge is 0.417 e. The molecule has 1 aliphatic heterocycles. The maximum Gasteiger partial charge on any atom is 0.417 e. The van der Waals surface area contributed by atoms with Gasteiger partial charge in [0.1, 0.15) is 0 Å². The molecule has 8 heteroatoms. The second kappa shape index (κ2) is 4.99. The second-order valence-corrected chi connectivity index (χ2v) is 5.01. The van der Waals surface area contributed by atoms with E-state index in [0.29, 0.717) is 17.4 Å². The number of nitrogens with zero attached hydrogens (tertiary/aromatic N) is 2. The molecule has 98 valence electrons. The van der Waals surface area contributed by atoms with Gasteiger partial charge in [-0.25, -0.2) is 5.84 Å². The smallest absolute Gasteiger partial charge is 0.260 e. The highest BCUT2D eigenvalue weighted by Gasteiger charge is 2.33. The molecule has 0 fully saturated rings. The highest BCUT2D eigenvalue weighted by Crippen LogP contribution is 2.36. The Morgan fingerprint density at radius 3 is 2.61 bits per heavy atom. The molecule has 3 nitrogen and oxygen atoms in total. The molecule has 18 heavy (non-hydrogen) atoms. The van der Waals surface area contributed by atoms with Gasteiger partial charge >= 0.3 is 6.18 Å². The lowest BCUT2D eigenvalue weighted by Gasteiger charge is -2.19. The highest BCUT2D eigenvalue weighted by molar-refractivity contribution is 8.14. The monoisotopic (exact) mass is 295 g/mol. The van der Waals surface area contributed by atoms with Crippen LogP contribution in [0.4, 0.5) is 18.9 Å². The average molecular weight is 296 g/mol. The first kappa shape index (κ1) is 13.5. The summed E-state index contributed by atoms with van der Waals surface area (Å²) in [5.74, 6) is 6.59. The molecule has 1 aromatic rings. The molecule has 0 aliphatic carbocycles. The number of aliphatic imine (C=N–C) groups is 1. The predicted octanol–water partition coefficient (Wildman–Crippen LogP) is 3.14. The van der Waals surface area contributed by atoms with Gasteiger partial charge in [0.05, 0.1) is 22.8 Å². The summed E-state index contributed by atoms with van der Waals surface area (Å²) >= 11 is 7.06. The summed E-state index contributed by atoms with van der Waals surface area (Å²) in [5, 5.41) is 1.44. The SMILES string of the molecule is NN(C1=NCCS1)c1ccc(C(F)(F)F)c(Cl)c1. The van der Waals surface area contributed by atoms with Crippen molar-refractivity contribution < 1.29 is 13.2 Å². The second-order valence-electron chi connectivity index (χ2n) is 3.54. The molecule has 0 amide bonds. The van der Waals surface area contributed by atoms with Crippen LogP contribution in [0.5, 0.6) is 0 Å². The van der Waals surface area contributed by atoms with Crippen LogP contribution < -0.4 is 10.9 Å². The number of nitrogens with two attached hydrogens (primary N) is 1.